The van der Waals surface area contributed by atoms with Crippen LogP contribution in [0.1, 0.15) is 27.9 Å². The van der Waals surface area contributed by atoms with Crippen LogP contribution >= 0.6 is 10.5 Å². The quantitative estimate of drug-likeness (QED) is 0.411. The average Bonchev–Trinajstić information content (AvgIpc) is 3.18. The number of carbonyl (C=O) groups is 1. The number of ether oxygens (including phenoxy) is 1. The number of piperazine rings is 1. The summed E-state index contributed by atoms with van der Waals surface area (Å²) >= 11 is 0. The lowest BCUT2D eigenvalue weighted by molar-refractivity contribution is -0.254. The van der Waals surface area contributed by atoms with Gasteiger partial charge in [0.05, 0.1) is 12.8 Å². The average molecular weight is 484 g/mol. The van der Waals surface area contributed by atoms with E-state index < -0.39 is 16.4 Å². The number of aryl methyl sites for hydroxylation is 1. The topological polar surface area (TPSA) is 131 Å². The van der Waals surface area contributed by atoms with Crippen molar-refractivity contribution in [1.29, 1.82) is 0 Å². The Morgan fingerprint density at radius 1 is 1.26 bits per heavy atom. The fourth-order valence-corrected chi connectivity index (χ4v) is 5.67. The third-order valence-electron chi connectivity index (χ3n) is 5.56. The number of thiazole rings is 1. The summed E-state index contributed by atoms with van der Waals surface area (Å²) in [7, 11) is 0.939. The van der Waals surface area contributed by atoms with Crippen molar-refractivity contribution < 1.29 is 14.6 Å². The van der Waals surface area contributed by atoms with Crippen molar-refractivity contribution in [2.24, 2.45) is 4.99 Å². The number of H-pyrrole nitrogens is 1. The van der Waals surface area contributed by atoms with Crippen LogP contribution in [0, 0.1) is 6.92 Å². The normalized spacial score (nSPS) is 14.9. The van der Waals surface area contributed by atoms with E-state index in [0.717, 1.165) is 43.3 Å². The summed E-state index contributed by atoms with van der Waals surface area (Å²) in [6.45, 7) is 7.65. The summed E-state index contributed by atoms with van der Waals surface area (Å²) in [5.41, 5.74) is 1.64. The summed E-state index contributed by atoms with van der Waals surface area (Å²) in [5, 5.41) is 18.4. The van der Waals surface area contributed by atoms with E-state index in [0.29, 0.717) is 28.6 Å². The maximum absolute atomic E-state index is 11.6. The van der Waals surface area contributed by atoms with E-state index in [1.165, 1.54) is 0 Å². The number of nitrogens with zero attached hydrogens (tertiary/aromatic N) is 4. The molecular formula is C23H29N7O3S. The fourth-order valence-electron chi connectivity index (χ4n) is 3.82. The van der Waals surface area contributed by atoms with Gasteiger partial charge >= 0.3 is 4.80 Å². The number of hydrogen-bond donors (Lipinski definition) is 3. The van der Waals surface area contributed by atoms with Gasteiger partial charge in [-0.3, -0.25) is 4.98 Å². The molecule has 34 heavy (non-hydrogen) atoms. The first-order valence-electron chi connectivity index (χ1n) is 11.2. The molecule has 1 aromatic carbocycles. The van der Waals surface area contributed by atoms with Crippen LogP contribution in [0.25, 0.3) is 0 Å². The number of methoxy groups -OCH3 is 1. The van der Waals surface area contributed by atoms with Crippen molar-refractivity contribution in [2.75, 3.05) is 43.5 Å². The lowest BCUT2D eigenvalue weighted by Gasteiger charge is -2.28. The van der Waals surface area contributed by atoms with Crippen LogP contribution in [0.5, 0.6) is 5.75 Å². The van der Waals surface area contributed by atoms with Crippen molar-refractivity contribution in [3.63, 3.8) is 0 Å². The molecule has 4 rings (SSSR count). The Morgan fingerprint density at radius 3 is 2.65 bits per heavy atom. The molecule has 0 saturated carbocycles. The van der Waals surface area contributed by atoms with Crippen LogP contribution < -0.4 is 30.2 Å². The predicted molar refractivity (Wildman–Crippen MR) is 131 cm³/mol. The number of aromatic carboxylic acids is 1. The van der Waals surface area contributed by atoms with Gasteiger partial charge in [-0.25, -0.2) is 0 Å². The van der Waals surface area contributed by atoms with E-state index >= 15 is 0 Å². The van der Waals surface area contributed by atoms with Crippen LogP contribution in [-0.4, -0.2) is 54.2 Å². The van der Waals surface area contributed by atoms with Crippen molar-refractivity contribution in [3.05, 3.63) is 51.3 Å². The van der Waals surface area contributed by atoms with Crippen molar-refractivity contribution in [2.45, 2.75) is 26.1 Å². The molecule has 0 bridgehead atoms. The van der Waals surface area contributed by atoms with Gasteiger partial charge in [-0.15, -0.1) is 4.99 Å². The molecule has 0 aliphatic carbocycles. The molecule has 0 spiro atoms. The van der Waals surface area contributed by atoms with Crippen molar-refractivity contribution >= 4 is 34.0 Å². The van der Waals surface area contributed by atoms with Gasteiger partial charge in [0, 0.05) is 49.3 Å². The first-order valence-corrected chi connectivity index (χ1v) is 12.6. The van der Waals surface area contributed by atoms with E-state index in [2.05, 4.69) is 35.5 Å². The molecule has 1 atom stereocenters. The second-order valence-electron chi connectivity index (χ2n) is 7.81. The number of nitrogens with one attached hydrogen (secondary N) is 3. The zero-order valence-electron chi connectivity index (χ0n) is 19.6. The minimum Gasteiger partial charge on any atom is -0.540 e. The van der Waals surface area contributed by atoms with Gasteiger partial charge in [0.1, 0.15) is 29.1 Å². The highest BCUT2D eigenvalue weighted by molar-refractivity contribution is 7.30. The standard InChI is InChI=1S/C23H29N7O3S/c1-4-34-20(21(31)32)15(2)26-23(34)29-22-27-18(13-19(28-22)30-11-9-24-10-12-30)25-14-16-5-7-17(33-3)8-6-16/h5-8,13,24H,4,9-12,14H2,1-3H3,(H2-,25,26,27,28,29,31,32). The molecule has 1 aliphatic rings. The third kappa shape index (κ3) is 5.37. The molecule has 3 heterocycles. The first kappa shape index (κ1) is 23.7. The van der Waals surface area contributed by atoms with Gasteiger partial charge in [-0.1, -0.05) is 12.1 Å². The lowest BCUT2D eigenvalue weighted by Crippen LogP contribution is -2.43. The van der Waals surface area contributed by atoms with E-state index in [-0.39, 0.29) is 10.8 Å². The second-order valence-corrected chi connectivity index (χ2v) is 9.97. The molecule has 3 N–H and O–H groups in total. The highest BCUT2D eigenvalue weighted by Gasteiger charge is 2.22. The second kappa shape index (κ2) is 10.7. The van der Waals surface area contributed by atoms with Gasteiger partial charge in [-0.05, 0) is 31.5 Å². The highest BCUT2D eigenvalue weighted by atomic mass is 32.2. The number of benzene rings is 1. The van der Waals surface area contributed by atoms with Gasteiger partial charge in [0.15, 0.2) is 0 Å². The van der Waals surface area contributed by atoms with E-state index in [4.69, 9.17) is 4.74 Å². The van der Waals surface area contributed by atoms with Gasteiger partial charge < -0.3 is 30.2 Å². The zero-order chi connectivity index (χ0) is 24.1. The maximum atomic E-state index is 11.6. The summed E-state index contributed by atoms with van der Waals surface area (Å²) in [6, 6.07) is 9.76. The van der Waals surface area contributed by atoms with Crippen LogP contribution in [0.15, 0.2) is 35.3 Å². The Morgan fingerprint density at radius 2 is 2.00 bits per heavy atom. The number of rotatable bonds is 8. The largest absolute Gasteiger partial charge is 0.540 e. The van der Waals surface area contributed by atoms with Crippen LogP contribution in [0.4, 0.5) is 17.6 Å². The number of anilines is 2. The molecule has 10 nitrogen and oxygen atoms in total. The molecule has 11 heteroatoms. The molecular weight excluding hydrogens is 454 g/mol. The molecule has 180 valence electrons. The Kier molecular flexibility index (Phi) is 7.43. The summed E-state index contributed by atoms with van der Waals surface area (Å²) in [5.74, 6) is 1.96. The maximum Gasteiger partial charge on any atom is 0.348 e. The summed E-state index contributed by atoms with van der Waals surface area (Å²) in [4.78, 5) is 31.7. The summed E-state index contributed by atoms with van der Waals surface area (Å²) in [6.07, 6.45) is 0. The number of aromatic amines is 1. The number of carboxylic acid groups (broad SMARTS) is 1. The van der Waals surface area contributed by atoms with E-state index in [9.17, 15) is 9.90 Å². The van der Waals surface area contributed by atoms with Gasteiger partial charge in [-0.2, -0.15) is 9.97 Å². The predicted octanol–water partition coefficient (Wildman–Crippen LogP) is 1.51. The van der Waals surface area contributed by atoms with E-state index in [1.54, 1.807) is 14.0 Å². The molecule has 0 amide bonds. The Hall–Kier alpha value is -3.44. The Labute approximate surface area is 200 Å². The number of carbonyl (C=O) groups excluding carboxylic acids is 1. The van der Waals surface area contributed by atoms with Gasteiger partial charge in [0.25, 0.3) is 5.95 Å². The molecule has 2 aromatic heterocycles. The van der Waals surface area contributed by atoms with Crippen molar-refractivity contribution in [3.8, 4) is 5.75 Å². The van der Waals surface area contributed by atoms with Crippen molar-refractivity contribution in [1.82, 2.24) is 20.3 Å². The molecule has 3 aromatic rings. The minimum atomic E-state index is -1.17. The monoisotopic (exact) mass is 483 g/mol. The molecule has 1 saturated heterocycles. The smallest absolute Gasteiger partial charge is 0.348 e. The number of aromatic nitrogens is 3. The highest BCUT2D eigenvalue weighted by Crippen LogP contribution is 2.24. The Balaban J connectivity index is 1.69. The third-order valence-corrected chi connectivity index (χ3v) is 7.77. The number of carboxylic acids is 1. The van der Waals surface area contributed by atoms with Crippen LogP contribution in [-0.2, 0) is 12.3 Å². The Bertz CT molecular complexity index is 1210. The lowest BCUT2D eigenvalue weighted by atomic mass is 10.2. The summed E-state index contributed by atoms with van der Waals surface area (Å²) < 4.78 is 5.23. The van der Waals surface area contributed by atoms with Crippen LogP contribution in [0.3, 0.4) is 0 Å². The SMILES string of the molecule is CC[s+]1c(C(=O)[O-])c(C)[nH]c1=Nc1nc(NCc2ccc(OC)cc2)cc(N2CCNCC2)n1. The van der Waals surface area contributed by atoms with E-state index in [1.807, 2.05) is 37.3 Å². The molecule has 1 fully saturated rings. The fraction of sp³-hybridized carbons (Fsp3) is 0.391. The van der Waals surface area contributed by atoms with Gasteiger partial charge in [0.2, 0.25) is 4.88 Å². The minimum absolute atomic E-state index is 0.261. The first-order chi connectivity index (χ1) is 16.5. The van der Waals surface area contributed by atoms with Crippen LogP contribution in [0.2, 0.25) is 0 Å². The zero-order valence-corrected chi connectivity index (χ0v) is 20.4. The number of hydrogen-bond acceptors (Lipinski definition) is 9. The molecule has 1 unspecified atom stereocenters. The molecule has 0 radical (unpaired) electrons. The molecule has 1 aliphatic heterocycles.